The number of sulfonamides is 1. The zero-order chi connectivity index (χ0) is 26.8. The van der Waals surface area contributed by atoms with Gasteiger partial charge in [-0.1, -0.05) is 42.5 Å². The number of aliphatic hydroxyl groups is 1. The monoisotopic (exact) mass is 525 g/mol. The van der Waals surface area contributed by atoms with E-state index in [1.807, 2.05) is 30.3 Å². The van der Waals surface area contributed by atoms with Gasteiger partial charge in [-0.25, -0.2) is 13.1 Å². The lowest BCUT2D eigenvalue weighted by Gasteiger charge is -2.42. The predicted octanol–water partition coefficient (Wildman–Crippen LogP) is 3.12. The molecule has 0 saturated carbocycles. The SMILES string of the molecule is CC1(C)Oc2ccc(C(=O)NCCc3ccccc3)cc2[C@@H](NS(=O)(=O)c2ccccc2[N+](=O)[O-])[C@@H]1O. The average molecular weight is 526 g/mol. The smallest absolute Gasteiger partial charge is 0.289 e. The lowest BCUT2D eigenvalue weighted by atomic mass is 9.86. The molecule has 0 unspecified atom stereocenters. The number of rotatable bonds is 8. The highest BCUT2D eigenvalue weighted by Gasteiger charge is 2.45. The first-order chi connectivity index (χ1) is 17.5. The third kappa shape index (κ3) is 5.63. The summed E-state index contributed by atoms with van der Waals surface area (Å²) in [6, 6.07) is 17.9. The fourth-order valence-corrected chi connectivity index (χ4v) is 5.59. The molecule has 0 bridgehead atoms. The molecular weight excluding hydrogens is 498 g/mol. The lowest BCUT2D eigenvalue weighted by Crippen LogP contribution is -2.53. The molecule has 0 fully saturated rings. The largest absolute Gasteiger partial charge is 0.485 e. The third-order valence-corrected chi connectivity index (χ3v) is 7.67. The molecule has 1 amide bonds. The highest BCUT2D eigenvalue weighted by Crippen LogP contribution is 2.41. The van der Waals surface area contributed by atoms with Crippen molar-refractivity contribution in [3.05, 3.63) is 99.6 Å². The lowest BCUT2D eigenvalue weighted by molar-refractivity contribution is -0.387. The summed E-state index contributed by atoms with van der Waals surface area (Å²) in [6.07, 6.45) is -0.736. The summed E-state index contributed by atoms with van der Waals surface area (Å²) in [4.78, 5) is 22.9. The molecule has 0 aliphatic carbocycles. The van der Waals surface area contributed by atoms with Crippen molar-refractivity contribution in [2.75, 3.05) is 6.54 Å². The van der Waals surface area contributed by atoms with Crippen molar-refractivity contribution in [2.24, 2.45) is 0 Å². The number of hydrogen-bond donors (Lipinski definition) is 3. The van der Waals surface area contributed by atoms with Crippen LogP contribution < -0.4 is 14.8 Å². The van der Waals surface area contributed by atoms with Crippen molar-refractivity contribution in [3.63, 3.8) is 0 Å². The summed E-state index contributed by atoms with van der Waals surface area (Å²) >= 11 is 0. The number of nitro groups is 1. The molecule has 0 aromatic heterocycles. The number of para-hydroxylation sites is 1. The van der Waals surface area contributed by atoms with Crippen LogP contribution in [0.4, 0.5) is 5.69 Å². The van der Waals surface area contributed by atoms with E-state index in [-0.39, 0.29) is 22.8 Å². The molecule has 1 aliphatic rings. The molecule has 0 saturated heterocycles. The van der Waals surface area contributed by atoms with Gasteiger partial charge in [0.15, 0.2) is 4.90 Å². The number of nitro benzene ring substituents is 1. The number of carbonyl (C=O) groups is 1. The Kier molecular flexibility index (Phi) is 7.30. The molecule has 10 nitrogen and oxygen atoms in total. The Balaban J connectivity index is 1.62. The van der Waals surface area contributed by atoms with Crippen molar-refractivity contribution in [3.8, 4) is 5.75 Å². The fraction of sp³-hybridized carbons (Fsp3) is 0.269. The van der Waals surface area contributed by atoms with Crippen LogP contribution in [0.15, 0.2) is 77.7 Å². The summed E-state index contributed by atoms with van der Waals surface area (Å²) in [5, 5.41) is 25.3. The molecule has 11 heteroatoms. The minimum atomic E-state index is -4.45. The van der Waals surface area contributed by atoms with Crippen LogP contribution in [0.5, 0.6) is 5.75 Å². The van der Waals surface area contributed by atoms with Gasteiger partial charge in [-0.3, -0.25) is 14.9 Å². The number of ether oxygens (including phenoxy) is 1. The molecule has 1 heterocycles. The Morgan fingerprint density at radius 1 is 1.08 bits per heavy atom. The van der Waals surface area contributed by atoms with E-state index in [2.05, 4.69) is 10.0 Å². The molecule has 1 aliphatic heterocycles. The molecular formula is C26H27N3O7S. The Morgan fingerprint density at radius 2 is 1.76 bits per heavy atom. The number of fused-ring (bicyclic) bond motifs is 1. The fourth-order valence-electron chi connectivity index (χ4n) is 4.20. The molecule has 3 N–H and O–H groups in total. The van der Waals surface area contributed by atoms with E-state index in [1.165, 1.54) is 18.2 Å². The van der Waals surface area contributed by atoms with Gasteiger partial charge in [0.05, 0.1) is 11.0 Å². The quantitative estimate of drug-likeness (QED) is 0.302. The Labute approximate surface area is 214 Å². The van der Waals surface area contributed by atoms with Crippen LogP contribution in [0.1, 0.15) is 41.4 Å². The first-order valence-corrected chi connectivity index (χ1v) is 13.1. The topological polar surface area (TPSA) is 148 Å². The van der Waals surface area contributed by atoms with Crippen LogP contribution in [-0.2, 0) is 16.4 Å². The van der Waals surface area contributed by atoms with Crippen LogP contribution in [-0.4, -0.2) is 42.6 Å². The van der Waals surface area contributed by atoms with E-state index < -0.39 is 43.3 Å². The van der Waals surface area contributed by atoms with Crippen LogP contribution in [0.3, 0.4) is 0 Å². The van der Waals surface area contributed by atoms with Gasteiger partial charge in [-0.15, -0.1) is 0 Å². The maximum Gasteiger partial charge on any atom is 0.289 e. The number of nitrogens with zero attached hydrogens (tertiary/aromatic N) is 1. The number of carbonyl (C=O) groups excluding carboxylic acids is 1. The van der Waals surface area contributed by atoms with Gasteiger partial charge < -0.3 is 15.2 Å². The minimum absolute atomic E-state index is 0.240. The second-order valence-electron chi connectivity index (χ2n) is 9.22. The highest BCUT2D eigenvalue weighted by molar-refractivity contribution is 7.89. The van der Waals surface area contributed by atoms with Crippen molar-refractivity contribution in [1.29, 1.82) is 0 Å². The number of benzene rings is 3. The first kappa shape index (κ1) is 26.3. The molecule has 194 valence electrons. The van der Waals surface area contributed by atoms with Crippen LogP contribution in [0.2, 0.25) is 0 Å². The Bertz CT molecular complexity index is 1430. The Morgan fingerprint density at radius 3 is 2.46 bits per heavy atom. The summed E-state index contributed by atoms with van der Waals surface area (Å²) in [7, 11) is -4.45. The minimum Gasteiger partial charge on any atom is -0.485 e. The number of hydrogen-bond acceptors (Lipinski definition) is 7. The van der Waals surface area contributed by atoms with Crippen LogP contribution in [0, 0.1) is 10.1 Å². The molecule has 4 rings (SSSR count). The van der Waals surface area contributed by atoms with Crippen molar-refractivity contribution in [1.82, 2.24) is 10.0 Å². The molecule has 3 aromatic carbocycles. The van der Waals surface area contributed by atoms with Gasteiger partial charge in [0.25, 0.3) is 11.6 Å². The van der Waals surface area contributed by atoms with E-state index in [0.29, 0.717) is 13.0 Å². The standard InChI is InChI=1S/C26H27N3O7S/c1-26(2)24(30)23(28-37(34,35)22-11-7-6-10-20(22)29(32)33)19-16-18(12-13-21(19)36-26)25(31)27-15-14-17-8-4-3-5-9-17/h3-13,16,23-24,28,30H,14-15H2,1-2H3,(H,27,31)/t23-,24+/m1/s1. The van der Waals surface area contributed by atoms with Gasteiger partial charge in [0.2, 0.25) is 10.0 Å². The summed E-state index contributed by atoms with van der Waals surface area (Å²) in [5.41, 5.74) is -0.233. The second-order valence-corrected chi connectivity index (χ2v) is 10.9. The summed E-state index contributed by atoms with van der Waals surface area (Å²) in [5.74, 6) is -0.0928. The third-order valence-electron chi connectivity index (χ3n) is 6.18. The van der Waals surface area contributed by atoms with Crippen LogP contribution in [0.25, 0.3) is 0 Å². The van der Waals surface area contributed by atoms with Crippen molar-refractivity contribution < 1.29 is 28.0 Å². The highest BCUT2D eigenvalue weighted by atomic mass is 32.2. The van der Waals surface area contributed by atoms with Gasteiger partial charge >= 0.3 is 0 Å². The normalized spacial score (nSPS) is 18.4. The van der Waals surface area contributed by atoms with E-state index in [4.69, 9.17) is 4.74 Å². The van der Waals surface area contributed by atoms with Gasteiger partial charge in [-0.05, 0) is 50.1 Å². The average Bonchev–Trinajstić information content (AvgIpc) is 2.87. The zero-order valence-corrected chi connectivity index (χ0v) is 21.1. The van der Waals surface area contributed by atoms with Gasteiger partial charge in [-0.2, -0.15) is 0 Å². The number of aliphatic hydroxyl groups excluding tert-OH is 1. The molecule has 37 heavy (non-hydrogen) atoms. The Hall–Kier alpha value is -3.80. The molecule has 0 spiro atoms. The second kappa shape index (κ2) is 10.3. The first-order valence-electron chi connectivity index (χ1n) is 11.6. The van der Waals surface area contributed by atoms with Crippen LogP contribution >= 0.6 is 0 Å². The number of nitrogens with one attached hydrogen (secondary N) is 2. The molecule has 3 aromatic rings. The summed E-state index contributed by atoms with van der Waals surface area (Å²) < 4.78 is 34.8. The number of amides is 1. The molecule has 0 radical (unpaired) electrons. The van der Waals surface area contributed by atoms with E-state index in [0.717, 1.165) is 17.7 Å². The van der Waals surface area contributed by atoms with Crippen molar-refractivity contribution in [2.45, 2.75) is 42.9 Å². The summed E-state index contributed by atoms with van der Waals surface area (Å²) in [6.45, 7) is 3.58. The van der Waals surface area contributed by atoms with E-state index in [9.17, 15) is 28.4 Å². The zero-order valence-electron chi connectivity index (χ0n) is 20.2. The van der Waals surface area contributed by atoms with Gasteiger partial charge in [0.1, 0.15) is 17.5 Å². The van der Waals surface area contributed by atoms with Gasteiger partial charge in [0, 0.05) is 23.7 Å². The van der Waals surface area contributed by atoms with Crippen molar-refractivity contribution >= 4 is 21.6 Å². The van der Waals surface area contributed by atoms with E-state index in [1.54, 1.807) is 26.0 Å². The maximum absolute atomic E-state index is 13.2. The maximum atomic E-state index is 13.2. The molecule has 2 atom stereocenters. The van der Waals surface area contributed by atoms with E-state index >= 15 is 0 Å². The predicted molar refractivity (Wildman–Crippen MR) is 136 cm³/mol.